The van der Waals surface area contributed by atoms with Crippen molar-refractivity contribution in [2.45, 2.75) is 386 Å². The second-order valence-corrected chi connectivity index (χ2v) is 24.1. The number of ether oxygens (including phenoxy) is 3. The Balaban J connectivity index is 4.22. The summed E-state index contributed by atoms with van der Waals surface area (Å²) >= 11 is 0. The summed E-state index contributed by atoms with van der Waals surface area (Å²) in [6.07, 6.45) is 90.0. The van der Waals surface area contributed by atoms with Crippen LogP contribution in [0.25, 0.3) is 0 Å². The Labute approximate surface area is 504 Å². The molecule has 0 amide bonds. The Morgan fingerprint density at radius 3 is 0.827 bits per heavy atom. The highest BCUT2D eigenvalue weighted by molar-refractivity contribution is 5.71. The molecule has 0 aliphatic carbocycles. The van der Waals surface area contributed by atoms with Gasteiger partial charge in [0.2, 0.25) is 0 Å². The van der Waals surface area contributed by atoms with Crippen molar-refractivity contribution in [2.24, 2.45) is 0 Å². The van der Waals surface area contributed by atoms with Gasteiger partial charge in [-0.3, -0.25) is 14.4 Å². The van der Waals surface area contributed by atoms with Gasteiger partial charge in [-0.05, 0) is 70.6 Å². The molecule has 0 aromatic rings. The number of hydrogen-bond donors (Lipinski definition) is 0. The molecule has 0 aliphatic heterocycles. The first-order chi connectivity index (χ1) is 40.0. The minimum atomic E-state index is -0.801. The summed E-state index contributed by atoms with van der Waals surface area (Å²) in [6, 6.07) is 0. The normalized spacial score (nSPS) is 12.4. The second-order valence-electron chi connectivity index (χ2n) is 24.1. The molecule has 0 saturated carbocycles. The van der Waals surface area contributed by atoms with Gasteiger partial charge in [-0.2, -0.15) is 0 Å². The van der Waals surface area contributed by atoms with Gasteiger partial charge in [-0.1, -0.05) is 351 Å². The van der Waals surface area contributed by atoms with Gasteiger partial charge in [-0.15, -0.1) is 0 Å². The van der Waals surface area contributed by atoms with Crippen LogP contribution in [0.1, 0.15) is 380 Å². The van der Waals surface area contributed by atoms with E-state index in [1.54, 1.807) is 0 Å². The molecule has 0 aromatic carbocycles. The zero-order valence-electron chi connectivity index (χ0n) is 54.3. The molecule has 0 aliphatic rings. The zero-order chi connectivity index (χ0) is 58.5. The Kier molecular flexibility index (Phi) is 67.1. The molecule has 472 valence electrons. The topological polar surface area (TPSA) is 78.9 Å². The van der Waals surface area contributed by atoms with Crippen LogP contribution in [0.3, 0.4) is 0 Å². The van der Waals surface area contributed by atoms with E-state index in [1.165, 1.54) is 270 Å². The molecule has 0 heterocycles. The summed E-state index contributed by atoms with van der Waals surface area (Å²) in [6.45, 7) is 6.53. The van der Waals surface area contributed by atoms with Crippen molar-refractivity contribution in [3.8, 4) is 0 Å². The Bertz CT molecular complexity index is 1440. The van der Waals surface area contributed by atoms with E-state index in [9.17, 15) is 14.4 Å². The van der Waals surface area contributed by atoms with Crippen LogP contribution in [0.2, 0.25) is 0 Å². The summed E-state index contributed by atoms with van der Waals surface area (Å²) in [5, 5.41) is 0. The fourth-order valence-corrected chi connectivity index (χ4v) is 10.7. The van der Waals surface area contributed by atoms with E-state index >= 15 is 0 Å². The smallest absolute Gasteiger partial charge is 0.306 e. The molecule has 1 unspecified atom stereocenters. The summed E-state index contributed by atoms with van der Waals surface area (Å²) < 4.78 is 16.9. The zero-order valence-corrected chi connectivity index (χ0v) is 54.3. The maximum absolute atomic E-state index is 12.9. The summed E-state index contributed by atoms with van der Waals surface area (Å²) in [4.78, 5) is 38.4. The molecule has 0 rings (SSSR count). The Morgan fingerprint density at radius 2 is 0.506 bits per heavy atom. The Morgan fingerprint density at radius 1 is 0.259 bits per heavy atom. The monoisotopic (exact) mass is 1130 g/mol. The van der Waals surface area contributed by atoms with Crippen LogP contribution in [0.5, 0.6) is 0 Å². The first-order valence-corrected chi connectivity index (χ1v) is 35.8. The van der Waals surface area contributed by atoms with Crippen molar-refractivity contribution in [1.29, 1.82) is 0 Å². The van der Waals surface area contributed by atoms with Crippen LogP contribution in [-0.2, 0) is 28.6 Å². The third kappa shape index (κ3) is 67.8. The fraction of sp³-hybridized carbons (Fsp3) is 0.827. The minimum absolute atomic E-state index is 0.0915. The molecule has 0 bridgehead atoms. The third-order valence-electron chi connectivity index (χ3n) is 16.0. The van der Waals surface area contributed by atoms with Gasteiger partial charge < -0.3 is 14.2 Å². The summed E-state index contributed by atoms with van der Waals surface area (Å²) in [7, 11) is 0. The standard InChI is InChI=1S/C75H136O6/c1-4-7-10-13-16-19-22-25-27-29-31-33-34-35-36-37-38-39-40-42-43-45-47-50-53-56-59-62-65-68-74(77)80-71-72(70-79-73(76)67-64-61-58-55-52-49-24-21-18-15-12-9-6-3)81-75(78)69-66-63-60-57-54-51-48-46-44-41-32-30-28-26-23-20-17-14-11-8-5-2/h9,12,18,21,29,31,49,52,58,61,72H,4-8,10-11,13-17,19-20,22-28,30,32-48,50-51,53-57,59-60,62-71H2,1-3H3/b12-9-,21-18-,31-29-,52-49-,61-58-. The molecule has 1 atom stereocenters. The van der Waals surface area contributed by atoms with E-state index in [0.717, 1.165) is 64.2 Å². The highest BCUT2D eigenvalue weighted by Gasteiger charge is 2.19. The van der Waals surface area contributed by atoms with Crippen molar-refractivity contribution in [2.75, 3.05) is 13.2 Å². The molecule has 0 radical (unpaired) electrons. The fourth-order valence-electron chi connectivity index (χ4n) is 10.7. The number of hydrogen-bond acceptors (Lipinski definition) is 6. The van der Waals surface area contributed by atoms with Crippen LogP contribution in [0, 0.1) is 0 Å². The van der Waals surface area contributed by atoms with E-state index in [1.807, 2.05) is 6.08 Å². The predicted molar refractivity (Wildman–Crippen MR) is 353 cm³/mol. The van der Waals surface area contributed by atoms with Gasteiger partial charge in [0.25, 0.3) is 0 Å². The van der Waals surface area contributed by atoms with Crippen LogP contribution in [0.4, 0.5) is 0 Å². The van der Waals surface area contributed by atoms with Crippen molar-refractivity contribution in [3.63, 3.8) is 0 Å². The van der Waals surface area contributed by atoms with E-state index in [2.05, 4.69) is 75.5 Å². The largest absolute Gasteiger partial charge is 0.462 e. The van der Waals surface area contributed by atoms with Gasteiger partial charge >= 0.3 is 17.9 Å². The van der Waals surface area contributed by atoms with E-state index in [-0.39, 0.29) is 37.5 Å². The van der Waals surface area contributed by atoms with Crippen molar-refractivity contribution < 1.29 is 28.6 Å². The van der Waals surface area contributed by atoms with Gasteiger partial charge in [0.05, 0.1) is 0 Å². The third-order valence-corrected chi connectivity index (χ3v) is 16.0. The first-order valence-electron chi connectivity index (χ1n) is 35.8. The number of esters is 3. The molecule has 0 N–H and O–H groups in total. The lowest BCUT2D eigenvalue weighted by Gasteiger charge is -2.18. The number of allylic oxidation sites excluding steroid dienone is 10. The molecule has 0 fully saturated rings. The molecular weight excluding hydrogens is 997 g/mol. The van der Waals surface area contributed by atoms with Gasteiger partial charge in [-0.25, -0.2) is 0 Å². The van der Waals surface area contributed by atoms with Crippen molar-refractivity contribution in [1.82, 2.24) is 0 Å². The number of unbranched alkanes of at least 4 members (excludes halogenated alkanes) is 45. The van der Waals surface area contributed by atoms with Crippen LogP contribution in [0.15, 0.2) is 60.8 Å². The number of carbonyl (C=O) groups excluding carboxylic acids is 3. The van der Waals surface area contributed by atoms with Gasteiger partial charge in [0.15, 0.2) is 6.10 Å². The molecule has 0 saturated heterocycles. The van der Waals surface area contributed by atoms with Crippen molar-refractivity contribution >= 4 is 17.9 Å². The van der Waals surface area contributed by atoms with Crippen LogP contribution >= 0.6 is 0 Å². The highest BCUT2D eigenvalue weighted by atomic mass is 16.6. The SMILES string of the molecule is CC/C=C\C/C=C\C/C=C\C/C=C\CCC(=O)OCC(COC(=O)CCCCCCCCCCCCCCCCCCC/C=C\CCCCCCCCCC)OC(=O)CCCCCCCCCCCCCCCCCCCCCCC. The van der Waals surface area contributed by atoms with E-state index in [0.29, 0.717) is 19.3 Å². The van der Waals surface area contributed by atoms with Crippen LogP contribution in [-0.4, -0.2) is 37.2 Å². The van der Waals surface area contributed by atoms with E-state index < -0.39 is 6.10 Å². The van der Waals surface area contributed by atoms with Gasteiger partial charge in [0.1, 0.15) is 13.2 Å². The molecule has 6 heteroatoms. The minimum Gasteiger partial charge on any atom is -0.462 e. The quantitative estimate of drug-likeness (QED) is 0.0261. The highest BCUT2D eigenvalue weighted by Crippen LogP contribution is 2.18. The Hall–Kier alpha value is -2.89. The maximum Gasteiger partial charge on any atom is 0.306 e. The molecule has 0 spiro atoms. The lowest BCUT2D eigenvalue weighted by atomic mass is 10.0. The van der Waals surface area contributed by atoms with Crippen molar-refractivity contribution in [3.05, 3.63) is 60.8 Å². The molecular formula is C75H136O6. The van der Waals surface area contributed by atoms with Crippen LogP contribution < -0.4 is 0 Å². The van der Waals surface area contributed by atoms with Gasteiger partial charge in [0, 0.05) is 19.3 Å². The lowest BCUT2D eigenvalue weighted by molar-refractivity contribution is -0.166. The average molecular weight is 1130 g/mol. The predicted octanol–water partition coefficient (Wildman–Crippen LogP) is 24.7. The average Bonchev–Trinajstić information content (AvgIpc) is 3.46. The number of rotatable bonds is 66. The molecule has 6 nitrogen and oxygen atoms in total. The van der Waals surface area contributed by atoms with E-state index in [4.69, 9.17) is 14.2 Å². The summed E-state index contributed by atoms with van der Waals surface area (Å²) in [5.41, 5.74) is 0. The number of carbonyl (C=O) groups is 3. The first kappa shape index (κ1) is 78.1. The maximum atomic E-state index is 12.9. The summed E-state index contributed by atoms with van der Waals surface area (Å²) in [5.74, 6) is -0.952. The lowest BCUT2D eigenvalue weighted by Crippen LogP contribution is -2.30. The molecule has 81 heavy (non-hydrogen) atoms. The second kappa shape index (κ2) is 69.6. The molecule has 0 aromatic heterocycles.